The lowest BCUT2D eigenvalue weighted by atomic mass is 9.96. The Morgan fingerprint density at radius 2 is 1.75 bits per heavy atom. The van der Waals surface area contributed by atoms with Crippen LogP contribution in [-0.4, -0.2) is 9.31 Å². The third-order valence-electron chi connectivity index (χ3n) is 3.94. The second-order valence-corrected chi connectivity index (χ2v) is 11.0. The maximum Gasteiger partial charge on any atom is 0.0486 e. The van der Waals surface area contributed by atoms with Gasteiger partial charge < -0.3 is 4.57 Å². The summed E-state index contributed by atoms with van der Waals surface area (Å²) >= 11 is 1.81. The van der Waals surface area contributed by atoms with Crippen molar-refractivity contribution in [3.63, 3.8) is 0 Å². The van der Waals surface area contributed by atoms with E-state index in [0.717, 1.165) is 13.1 Å². The van der Waals surface area contributed by atoms with Crippen LogP contribution in [0.5, 0.6) is 0 Å². The molecule has 1 N–H and O–H groups in total. The molecule has 24 heavy (non-hydrogen) atoms. The van der Waals surface area contributed by atoms with Crippen LogP contribution in [0, 0.1) is 5.41 Å². The molecule has 2 nitrogen and oxygen atoms in total. The molecule has 0 saturated carbocycles. The molecule has 0 fully saturated rings. The van der Waals surface area contributed by atoms with Gasteiger partial charge >= 0.3 is 0 Å². The predicted molar refractivity (Wildman–Crippen MR) is 110 cm³/mol. The Hall–Kier alpha value is -0.930. The van der Waals surface area contributed by atoms with E-state index < -0.39 is 0 Å². The molecule has 1 aromatic heterocycles. The van der Waals surface area contributed by atoms with Crippen LogP contribution >= 0.6 is 11.9 Å². The van der Waals surface area contributed by atoms with Gasteiger partial charge in [0.1, 0.15) is 0 Å². The van der Waals surface area contributed by atoms with Gasteiger partial charge in [-0.2, -0.15) is 0 Å². The number of hydrogen-bond donors (Lipinski definition) is 1. The second kappa shape index (κ2) is 7.13. The van der Waals surface area contributed by atoms with Gasteiger partial charge in [0.15, 0.2) is 0 Å². The third-order valence-corrected chi connectivity index (χ3v) is 4.84. The summed E-state index contributed by atoms with van der Waals surface area (Å²) in [5, 5.41) is 1.38. The first-order valence-corrected chi connectivity index (χ1v) is 9.80. The minimum absolute atomic E-state index is 0.231. The van der Waals surface area contributed by atoms with E-state index in [0.29, 0.717) is 5.92 Å². The van der Waals surface area contributed by atoms with Crippen molar-refractivity contribution in [2.75, 3.05) is 0 Å². The number of rotatable bonds is 5. The number of aromatic nitrogens is 1. The first-order valence-electron chi connectivity index (χ1n) is 8.99. The molecule has 1 aromatic carbocycles. The Balaban J connectivity index is 2.37. The van der Waals surface area contributed by atoms with Crippen molar-refractivity contribution < 1.29 is 0 Å². The summed E-state index contributed by atoms with van der Waals surface area (Å²) in [5.74, 6) is 0.561. The van der Waals surface area contributed by atoms with Crippen molar-refractivity contribution in [2.24, 2.45) is 5.41 Å². The number of benzene rings is 1. The summed E-state index contributed by atoms with van der Waals surface area (Å²) in [7, 11) is 0. The lowest BCUT2D eigenvalue weighted by Crippen LogP contribution is -2.16. The molecule has 0 bridgehead atoms. The fourth-order valence-corrected chi connectivity index (χ4v) is 3.52. The Morgan fingerprint density at radius 3 is 2.29 bits per heavy atom. The zero-order valence-corrected chi connectivity index (χ0v) is 17.5. The fourth-order valence-electron chi connectivity index (χ4n) is 2.86. The molecule has 2 aromatic rings. The van der Waals surface area contributed by atoms with E-state index in [1.807, 2.05) is 11.9 Å². The van der Waals surface area contributed by atoms with Gasteiger partial charge in [0.2, 0.25) is 0 Å². The molecule has 0 aliphatic rings. The summed E-state index contributed by atoms with van der Waals surface area (Å²) in [6, 6.07) is 6.98. The van der Waals surface area contributed by atoms with Gasteiger partial charge in [-0.25, -0.2) is 0 Å². The van der Waals surface area contributed by atoms with Gasteiger partial charge in [0.05, 0.1) is 0 Å². The van der Waals surface area contributed by atoms with E-state index in [2.05, 4.69) is 89.1 Å². The van der Waals surface area contributed by atoms with Gasteiger partial charge in [-0.15, -0.1) is 0 Å². The van der Waals surface area contributed by atoms with Crippen LogP contribution in [-0.2, 0) is 13.1 Å². The Labute approximate surface area is 152 Å². The minimum Gasteiger partial charge on any atom is -0.347 e. The topological polar surface area (TPSA) is 17.0 Å². The highest BCUT2D eigenvalue weighted by Gasteiger charge is 2.17. The zero-order valence-electron chi connectivity index (χ0n) is 16.7. The van der Waals surface area contributed by atoms with Crippen molar-refractivity contribution in [1.29, 1.82) is 0 Å². The molecule has 134 valence electrons. The van der Waals surface area contributed by atoms with Gasteiger partial charge in [-0.3, -0.25) is 4.72 Å². The fraction of sp³-hybridized carbons (Fsp3) is 0.619. The molecule has 0 aliphatic heterocycles. The quantitative estimate of drug-likeness (QED) is 0.635. The average molecular weight is 347 g/mol. The molecule has 2 rings (SSSR count). The van der Waals surface area contributed by atoms with Crippen LogP contribution in [0.1, 0.15) is 72.4 Å². The van der Waals surface area contributed by atoms with Crippen LogP contribution in [0.3, 0.4) is 0 Å². The maximum atomic E-state index is 3.55. The predicted octanol–water partition coefficient (Wildman–Crippen LogP) is 6.35. The normalized spacial score (nSPS) is 13.2. The molecule has 0 amide bonds. The zero-order chi connectivity index (χ0) is 18.1. The number of fused-ring (bicyclic) bond motifs is 1. The number of nitrogens with one attached hydrogen (secondary N) is 1. The van der Waals surface area contributed by atoms with Gasteiger partial charge in [0.25, 0.3) is 0 Å². The number of nitrogens with zero attached hydrogens (tertiary/aromatic N) is 1. The van der Waals surface area contributed by atoms with Crippen molar-refractivity contribution in [3.05, 3.63) is 35.5 Å². The lowest BCUT2D eigenvalue weighted by Gasteiger charge is -2.20. The molecule has 0 saturated heterocycles. The first-order chi connectivity index (χ1) is 11.0. The lowest BCUT2D eigenvalue weighted by molar-refractivity contribution is 0.349. The maximum absolute atomic E-state index is 3.55. The van der Waals surface area contributed by atoms with E-state index in [4.69, 9.17) is 0 Å². The summed E-state index contributed by atoms with van der Waals surface area (Å²) in [6.07, 6.45) is 2.34. The summed E-state index contributed by atoms with van der Waals surface area (Å²) in [5.41, 5.74) is 4.44. The van der Waals surface area contributed by atoms with E-state index in [-0.39, 0.29) is 10.2 Å². The molecule has 0 atom stereocenters. The largest absolute Gasteiger partial charge is 0.347 e. The van der Waals surface area contributed by atoms with E-state index in [1.165, 1.54) is 22.0 Å². The van der Waals surface area contributed by atoms with Crippen LogP contribution < -0.4 is 4.72 Å². The van der Waals surface area contributed by atoms with Crippen LogP contribution in [0.4, 0.5) is 0 Å². The van der Waals surface area contributed by atoms with E-state index in [1.54, 1.807) is 0 Å². The minimum atomic E-state index is 0.231. The van der Waals surface area contributed by atoms with Crippen molar-refractivity contribution in [3.8, 4) is 0 Å². The SMILES string of the molecule is CC(C)c1ccc2c(CNSC(C)(C)C)cn(CC(C)(C)C)c2c1. The smallest absolute Gasteiger partial charge is 0.0486 e. The van der Waals surface area contributed by atoms with Gasteiger partial charge in [-0.1, -0.05) is 58.7 Å². The van der Waals surface area contributed by atoms with Gasteiger partial charge in [-0.05, 0) is 49.3 Å². The Morgan fingerprint density at radius 1 is 1.08 bits per heavy atom. The summed E-state index contributed by atoms with van der Waals surface area (Å²) in [4.78, 5) is 0. The number of hydrogen-bond acceptors (Lipinski definition) is 2. The molecular weight excluding hydrogens is 312 g/mol. The molecule has 0 spiro atoms. The molecule has 0 unspecified atom stereocenters. The highest BCUT2D eigenvalue weighted by atomic mass is 32.2. The highest BCUT2D eigenvalue weighted by Crippen LogP contribution is 2.29. The summed E-state index contributed by atoms with van der Waals surface area (Å²) in [6.45, 7) is 20.1. The monoisotopic (exact) mass is 346 g/mol. The second-order valence-electron chi connectivity index (χ2n) is 9.31. The van der Waals surface area contributed by atoms with Crippen molar-refractivity contribution >= 4 is 22.9 Å². The van der Waals surface area contributed by atoms with E-state index in [9.17, 15) is 0 Å². The molecule has 0 aliphatic carbocycles. The molecular formula is C21H34N2S. The van der Waals surface area contributed by atoms with Gasteiger partial charge in [0, 0.05) is 34.9 Å². The standard InChI is InChI=1S/C21H34N2S/c1-15(2)16-9-10-18-17(12-22-24-21(6,7)8)13-23(19(18)11-16)14-20(3,4)5/h9-11,13,15,22H,12,14H2,1-8H3. The van der Waals surface area contributed by atoms with Crippen molar-refractivity contribution in [2.45, 2.75) is 79.1 Å². The van der Waals surface area contributed by atoms with E-state index >= 15 is 0 Å². The Bertz CT molecular complexity index is 684. The third kappa shape index (κ3) is 5.29. The first kappa shape index (κ1) is 19.4. The Kier molecular flexibility index (Phi) is 5.76. The van der Waals surface area contributed by atoms with Crippen molar-refractivity contribution in [1.82, 2.24) is 9.29 Å². The molecule has 3 heteroatoms. The summed E-state index contributed by atoms with van der Waals surface area (Å²) < 4.78 is 6.23. The van der Waals surface area contributed by atoms with Crippen LogP contribution in [0.2, 0.25) is 0 Å². The molecule has 1 heterocycles. The molecule has 0 radical (unpaired) electrons. The average Bonchev–Trinajstić information content (AvgIpc) is 2.73. The highest BCUT2D eigenvalue weighted by molar-refractivity contribution is 7.98. The van der Waals surface area contributed by atoms with Crippen LogP contribution in [0.15, 0.2) is 24.4 Å². The van der Waals surface area contributed by atoms with Crippen LogP contribution in [0.25, 0.3) is 10.9 Å².